The van der Waals surface area contributed by atoms with Gasteiger partial charge in [-0.25, -0.2) is 0 Å². The van der Waals surface area contributed by atoms with Crippen molar-refractivity contribution in [2.75, 3.05) is 26.2 Å². The van der Waals surface area contributed by atoms with E-state index in [-0.39, 0.29) is 30.5 Å². The lowest BCUT2D eigenvalue weighted by Crippen LogP contribution is -2.57. The first-order chi connectivity index (χ1) is 13.6. The molecule has 0 unspecified atom stereocenters. The maximum Gasteiger partial charge on any atom is 0.254 e. The van der Waals surface area contributed by atoms with E-state index in [2.05, 4.69) is 57.8 Å². The van der Waals surface area contributed by atoms with Gasteiger partial charge in [-0.1, -0.05) is 42.5 Å². The number of carbonyl (C=O) groups excluding carboxylic acids is 1. The molecule has 0 radical (unpaired) electrons. The fraction of sp³-hybridized carbons (Fsp3) is 0.435. The summed E-state index contributed by atoms with van der Waals surface area (Å²) >= 11 is 2.22. The number of hydrogen-bond acceptors (Lipinski definition) is 3. The van der Waals surface area contributed by atoms with Gasteiger partial charge < -0.3 is 10.0 Å². The van der Waals surface area contributed by atoms with Crippen LogP contribution in [0.4, 0.5) is 0 Å². The highest BCUT2D eigenvalue weighted by molar-refractivity contribution is 14.1. The molecule has 0 spiro atoms. The quantitative estimate of drug-likeness (QED) is 0.611. The number of rotatable bonds is 3. The zero-order valence-electron chi connectivity index (χ0n) is 16.4. The van der Waals surface area contributed by atoms with Crippen LogP contribution in [0.25, 0.3) is 0 Å². The predicted molar refractivity (Wildman–Crippen MR) is 127 cm³/mol. The number of hydrogen-bond donors (Lipinski definition) is 1. The van der Waals surface area contributed by atoms with Crippen LogP contribution in [0.15, 0.2) is 54.6 Å². The third-order valence-electron chi connectivity index (χ3n) is 6.21. The Morgan fingerprint density at radius 3 is 2.28 bits per heavy atom. The number of piperidine rings is 2. The second kappa shape index (κ2) is 10.2. The molecule has 2 fully saturated rings. The Kier molecular flexibility index (Phi) is 7.96. The van der Waals surface area contributed by atoms with Gasteiger partial charge in [0.15, 0.2) is 0 Å². The van der Waals surface area contributed by atoms with Gasteiger partial charge in [-0.05, 0) is 78.6 Å². The van der Waals surface area contributed by atoms with E-state index in [0.717, 1.165) is 35.1 Å². The molecule has 29 heavy (non-hydrogen) atoms. The Hall–Kier alpha value is -1.15. The van der Waals surface area contributed by atoms with Crippen molar-refractivity contribution in [2.24, 2.45) is 0 Å². The second-order valence-corrected chi connectivity index (χ2v) is 9.04. The number of halogens is 2. The van der Waals surface area contributed by atoms with E-state index in [4.69, 9.17) is 0 Å². The van der Waals surface area contributed by atoms with Crippen LogP contribution in [0.5, 0.6) is 0 Å². The first-order valence-corrected chi connectivity index (χ1v) is 11.2. The van der Waals surface area contributed by atoms with Crippen molar-refractivity contribution in [1.82, 2.24) is 9.80 Å². The van der Waals surface area contributed by atoms with E-state index >= 15 is 0 Å². The molecule has 1 amide bonds. The number of aliphatic hydroxyl groups is 1. The molecule has 2 heterocycles. The van der Waals surface area contributed by atoms with Crippen LogP contribution in [0.2, 0.25) is 0 Å². The van der Waals surface area contributed by atoms with Gasteiger partial charge in [-0.2, -0.15) is 0 Å². The topological polar surface area (TPSA) is 43.8 Å². The molecular weight excluding hydrogens is 499 g/mol. The summed E-state index contributed by atoms with van der Waals surface area (Å²) in [5.74, 6) is 0.683. The third kappa shape index (κ3) is 5.13. The van der Waals surface area contributed by atoms with Crippen LogP contribution in [-0.2, 0) is 0 Å². The molecule has 156 valence electrons. The SMILES string of the molecule is Cl.O=C(c1ccccc1I)N1CC[C@@H](O)[C@H](N2CCC(c3ccccc3)CC2)C1. The maximum absolute atomic E-state index is 13.0. The summed E-state index contributed by atoms with van der Waals surface area (Å²) in [6.07, 6.45) is 2.51. The summed E-state index contributed by atoms with van der Waals surface area (Å²) in [7, 11) is 0. The lowest BCUT2D eigenvalue weighted by atomic mass is 9.88. The number of amides is 1. The molecule has 4 nitrogen and oxygen atoms in total. The van der Waals surface area contributed by atoms with Gasteiger partial charge >= 0.3 is 0 Å². The molecule has 0 aliphatic carbocycles. The summed E-state index contributed by atoms with van der Waals surface area (Å²) in [4.78, 5) is 17.3. The molecule has 0 aromatic heterocycles. The molecule has 0 bridgehead atoms. The van der Waals surface area contributed by atoms with Crippen molar-refractivity contribution in [1.29, 1.82) is 0 Å². The molecule has 2 aromatic carbocycles. The van der Waals surface area contributed by atoms with Gasteiger partial charge in [0.05, 0.1) is 17.7 Å². The Labute approximate surface area is 192 Å². The average Bonchev–Trinajstić information content (AvgIpc) is 2.75. The highest BCUT2D eigenvalue weighted by Crippen LogP contribution is 2.30. The van der Waals surface area contributed by atoms with E-state index in [9.17, 15) is 9.90 Å². The predicted octanol–water partition coefficient (Wildman–Crippen LogP) is 4.17. The van der Waals surface area contributed by atoms with Crippen molar-refractivity contribution in [3.63, 3.8) is 0 Å². The summed E-state index contributed by atoms with van der Waals surface area (Å²) in [5.41, 5.74) is 2.18. The van der Waals surface area contributed by atoms with E-state index in [0.29, 0.717) is 25.4 Å². The Balaban J connectivity index is 0.00000240. The van der Waals surface area contributed by atoms with E-state index < -0.39 is 0 Å². The fourth-order valence-electron chi connectivity index (χ4n) is 4.56. The van der Waals surface area contributed by atoms with Gasteiger partial charge in [0, 0.05) is 16.7 Å². The minimum atomic E-state index is -0.354. The number of aliphatic hydroxyl groups excluding tert-OH is 1. The smallest absolute Gasteiger partial charge is 0.254 e. The molecule has 2 aliphatic heterocycles. The van der Waals surface area contributed by atoms with Crippen LogP contribution in [0, 0.1) is 3.57 Å². The fourth-order valence-corrected chi connectivity index (χ4v) is 5.18. The van der Waals surface area contributed by atoms with Crippen LogP contribution in [0.3, 0.4) is 0 Å². The second-order valence-electron chi connectivity index (χ2n) is 7.88. The Bertz CT molecular complexity index is 812. The Morgan fingerprint density at radius 1 is 0.931 bits per heavy atom. The molecule has 2 aliphatic rings. The summed E-state index contributed by atoms with van der Waals surface area (Å²) < 4.78 is 0.983. The van der Waals surface area contributed by atoms with Crippen molar-refractivity contribution in [2.45, 2.75) is 37.3 Å². The highest BCUT2D eigenvalue weighted by atomic mass is 127. The zero-order valence-corrected chi connectivity index (χ0v) is 19.4. The van der Waals surface area contributed by atoms with Gasteiger partial charge in [0.1, 0.15) is 0 Å². The number of benzene rings is 2. The molecular formula is C23H28ClIN2O2. The number of likely N-dealkylation sites (tertiary alicyclic amines) is 2. The molecule has 2 aromatic rings. The highest BCUT2D eigenvalue weighted by Gasteiger charge is 2.36. The molecule has 4 rings (SSSR count). The van der Waals surface area contributed by atoms with Crippen molar-refractivity contribution in [3.8, 4) is 0 Å². The third-order valence-corrected chi connectivity index (χ3v) is 7.15. The normalized spacial score (nSPS) is 23.4. The molecule has 6 heteroatoms. The largest absolute Gasteiger partial charge is 0.391 e. The van der Waals surface area contributed by atoms with Crippen molar-refractivity contribution < 1.29 is 9.90 Å². The monoisotopic (exact) mass is 526 g/mol. The van der Waals surface area contributed by atoms with Crippen LogP contribution >= 0.6 is 35.0 Å². The average molecular weight is 527 g/mol. The molecule has 0 saturated carbocycles. The molecule has 1 N–H and O–H groups in total. The Morgan fingerprint density at radius 2 is 1.59 bits per heavy atom. The van der Waals surface area contributed by atoms with Crippen molar-refractivity contribution in [3.05, 3.63) is 69.3 Å². The van der Waals surface area contributed by atoms with Gasteiger partial charge in [-0.3, -0.25) is 9.69 Å². The maximum atomic E-state index is 13.0. The summed E-state index contributed by atoms with van der Waals surface area (Å²) in [6, 6.07) is 18.5. The number of nitrogens with zero attached hydrogens (tertiary/aromatic N) is 2. The first-order valence-electron chi connectivity index (χ1n) is 10.1. The van der Waals surface area contributed by atoms with Crippen molar-refractivity contribution >= 4 is 40.9 Å². The number of carbonyl (C=O) groups is 1. The van der Waals surface area contributed by atoms with Crippen LogP contribution in [0.1, 0.15) is 41.1 Å². The van der Waals surface area contributed by atoms with E-state index in [1.54, 1.807) is 0 Å². The minimum Gasteiger partial charge on any atom is -0.391 e. The first kappa shape index (κ1) is 22.5. The lowest BCUT2D eigenvalue weighted by molar-refractivity contribution is -0.0155. The van der Waals surface area contributed by atoms with Crippen LogP contribution < -0.4 is 0 Å². The zero-order chi connectivity index (χ0) is 19.5. The lowest BCUT2D eigenvalue weighted by Gasteiger charge is -2.45. The van der Waals surface area contributed by atoms with E-state index in [1.165, 1.54) is 5.56 Å². The van der Waals surface area contributed by atoms with E-state index in [1.807, 2.05) is 29.2 Å². The van der Waals surface area contributed by atoms with Gasteiger partial charge in [0.2, 0.25) is 0 Å². The molecule has 2 saturated heterocycles. The van der Waals surface area contributed by atoms with Crippen LogP contribution in [-0.4, -0.2) is 59.1 Å². The van der Waals surface area contributed by atoms with Gasteiger partial charge in [0.25, 0.3) is 5.91 Å². The summed E-state index contributed by atoms with van der Waals surface area (Å²) in [6.45, 7) is 3.20. The minimum absolute atomic E-state index is 0. The summed E-state index contributed by atoms with van der Waals surface area (Å²) in [5, 5.41) is 10.6. The molecule has 2 atom stereocenters. The van der Waals surface area contributed by atoms with Gasteiger partial charge in [-0.15, -0.1) is 12.4 Å². The standard InChI is InChI=1S/C23H27IN2O2.ClH/c24-20-9-5-4-8-19(20)23(28)26-15-12-22(27)21(16-26)25-13-10-18(11-14-25)17-6-2-1-3-7-17;/h1-9,18,21-22,27H,10-16H2;1H/t21-,22-;/m1./s1.